The van der Waals surface area contributed by atoms with Crippen LogP contribution in [0.1, 0.15) is 5.56 Å². The van der Waals surface area contributed by atoms with Crippen molar-refractivity contribution in [1.29, 1.82) is 0 Å². The zero-order valence-electron chi connectivity index (χ0n) is 14.1. The van der Waals surface area contributed by atoms with Crippen molar-refractivity contribution in [1.82, 2.24) is 0 Å². The van der Waals surface area contributed by atoms with Gasteiger partial charge in [-0.15, -0.1) is 0 Å². The first kappa shape index (κ1) is 17.8. The van der Waals surface area contributed by atoms with Crippen LogP contribution in [-0.4, -0.2) is 20.0 Å². The van der Waals surface area contributed by atoms with E-state index in [0.717, 1.165) is 16.7 Å². The Morgan fingerprint density at radius 3 is 1.88 bits per heavy atom. The van der Waals surface area contributed by atoms with Crippen molar-refractivity contribution in [2.45, 2.75) is 4.90 Å². The smallest absolute Gasteiger partial charge is 0.185 e. The standard InChI is InChI=1S/C22H18O3S/c23-21(14-11-18-7-3-1-4-8-18)17-26(24,25)22-15-12-20(13-16-22)19-9-5-2-6-10-19/h1-16H,17H2/b14-11+. The monoisotopic (exact) mass is 362 g/mol. The van der Waals surface area contributed by atoms with Crippen molar-refractivity contribution in [2.24, 2.45) is 0 Å². The molecule has 0 N–H and O–H groups in total. The van der Waals surface area contributed by atoms with Crippen LogP contribution in [0.2, 0.25) is 0 Å². The summed E-state index contributed by atoms with van der Waals surface area (Å²) in [6.45, 7) is 0. The molecule has 0 spiro atoms. The van der Waals surface area contributed by atoms with Crippen molar-refractivity contribution >= 4 is 21.7 Å². The Morgan fingerprint density at radius 2 is 1.27 bits per heavy atom. The summed E-state index contributed by atoms with van der Waals surface area (Å²) in [4.78, 5) is 12.2. The van der Waals surface area contributed by atoms with E-state index in [2.05, 4.69) is 0 Å². The number of rotatable bonds is 6. The maximum atomic E-state index is 12.4. The molecule has 4 heteroatoms. The Labute approximate surface area is 153 Å². The number of ketones is 1. The second-order valence-electron chi connectivity index (χ2n) is 5.86. The lowest BCUT2D eigenvalue weighted by Crippen LogP contribution is -2.14. The van der Waals surface area contributed by atoms with Gasteiger partial charge >= 0.3 is 0 Å². The van der Waals surface area contributed by atoms with E-state index in [9.17, 15) is 13.2 Å². The molecular formula is C22H18O3S. The number of hydrogen-bond donors (Lipinski definition) is 0. The fraction of sp³-hybridized carbons (Fsp3) is 0.0455. The summed E-state index contributed by atoms with van der Waals surface area (Å²) in [6, 6.07) is 25.6. The molecule has 26 heavy (non-hydrogen) atoms. The molecule has 0 unspecified atom stereocenters. The highest BCUT2D eigenvalue weighted by Gasteiger charge is 2.17. The van der Waals surface area contributed by atoms with Gasteiger partial charge in [0.2, 0.25) is 0 Å². The molecule has 0 aliphatic carbocycles. The van der Waals surface area contributed by atoms with Gasteiger partial charge in [0, 0.05) is 0 Å². The summed E-state index contributed by atoms with van der Waals surface area (Å²) in [5.41, 5.74) is 2.80. The van der Waals surface area contributed by atoms with Crippen LogP contribution in [0, 0.1) is 0 Å². The topological polar surface area (TPSA) is 51.2 Å². The molecule has 0 aromatic heterocycles. The zero-order valence-corrected chi connectivity index (χ0v) is 14.9. The molecule has 0 bridgehead atoms. The Morgan fingerprint density at radius 1 is 0.731 bits per heavy atom. The van der Waals surface area contributed by atoms with Crippen LogP contribution in [0.25, 0.3) is 17.2 Å². The predicted molar refractivity (Wildman–Crippen MR) is 104 cm³/mol. The molecule has 0 radical (unpaired) electrons. The number of allylic oxidation sites excluding steroid dienone is 1. The van der Waals surface area contributed by atoms with E-state index < -0.39 is 21.4 Å². The van der Waals surface area contributed by atoms with E-state index in [1.165, 1.54) is 6.08 Å². The first-order valence-electron chi connectivity index (χ1n) is 8.19. The highest BCUT2D eigenvalue weighted by Crippen LogP contribution is 2.21. The molecule has 3 aromatic rings. The highest BCUT2D eigenvalue weighted by atomic mass is 32.2. The molecule has 0 aliphatic rings. The molecule has 0 fully saturated rings. The molecule has 130 valence electrons. The summed E-state index contributed by atoms with van der Waals surface area (Å²) in [7, 11) is -3.66. The lowest BCUT2D eigenvalue weighted by atomic mass is 10.1. The van der Waals surface area contributed by atoms with Crippen molar-refractivity contribution in [3.63, 3.8) is 0 Å². The van der Waals surface area contributed by atoms with E-state index in [-0.39, 0.29) is 4.90 Å². The summed E-state index contributed by atoms with van der Waals surface area (Å²) in [5, 5.41) is 0. The summed E-state index contributed by atoms with van der Waals surface area (Å²) in [6.07, 6.45) is 2.93. The van der Waals surface area contributed by atoms with Gasteiger partial charge in [-0.1, -0.05) is 78.9 Å². The van der Waals surface area contributed by atoms with Gasteiger partial charge < -0.3 is 0 Å². The van der Waals surface area contributed by atoms with Gasteiger partial charge in [0.25, 0.3) is 0 Å². The third-order valence-corrected chi connectivity index (χ3v) is 5.57. The normalized spacial score (nSPS) is 11.5. The average Bonchev–Trinajstić information content (AvgIpc) is 2.68. The fourth-order valence-corrected chi connectivity index (χ4v) is 3.75. The molecule has 0 saturated carbocycles. The molecule has 0 saturated heterocycles. The molecule has 0 aliphatic heterocycles. The van der Waals surface area contributed by atoms with Crippen molar-refractivity contribution in [2.75, 3.05) is 5.75 Å². The fourth-order valence-electron chi connectivity index (χ4n) is 2.56. The van der Waals surface area contributed by atoms with Crippen LogP contribution >= 0.6 is 0 Å². The molecule has 3 aromatic carbocycles. The number of carbonyl (C=O) groups excluding carboxylic acids is 1. The lowest BCUT2D eigenvalue weighted by molar-refractivity contribution is -0.112. The molecule has 3 rings (SSSR count). The van der Waals surface area contributed by atoms with Gasteiger partial charge in [0.05, 0.1) is 4.90 Å². The molecular weight excluding hydrogens is 344 g/mol. The Bertz CT molecular complexity index is 1000. The lowest BCUT2D eigenvalue weighted by Gasteiger charge is -2.05. The average molecular weight is 362 g/mol. The van der Waals surface area contributed by atoms with Gasteiger partial charge in [-0.2, -0.15) is 0 Å². The number of carbonyl (C=O) groups is 1. The molecule has 0 heterocycles. The second kappa shape index (κ2) is 7.93. The maximum Gasteiger partial charge on any atom is 0.185 e. The highest BCUT2D eigenvalue weighted by molar-refractivity contribution is 7.92. The van der Waals surface area contributed by atoms with E-state index in [0.29, 0.717) is 0 Å². The minimum atomic E-state index is -3.66. The molecule has 0 amide bonds. The second-order valence-corrected chi connectivity index (χ2v) is 7.85. The van der Waals surface area contributed by atoms with Crippen molar-refractivity contribution in [3.8, 4) is 11.1 Å². The van der Waals surface area contributed by atoms with Crippen LogP contribution in [0.4, 0.5) is 0 Å². The largest absolute Gasteiger partial charge is 0.294 e. The third-order valence-electron chi connectivity index (χ3n) is 3.91. The van der Waals surface area contributed by atoms with Gasteiger partial charge in [-0.3, -0.25) is 4.79 Å². The van der Waals surface area contributed by atoms with Gasteiger partial charge in [0.1, 0.15) is 5.75 Å². The van der Waals surface area contributed by atoms with E-state index >= 15 is 0 Å². The summed E-state index contributed by atoms with van der Waals surface area (Å²) in [5.74, 6) is -0.984. The van der Waals surface area contributed by atoms with Crippen molar-refractivity contribution < 1.29 is 13.2 Å². The van der Waals surface area contributed by atoms with E-state index in [1.807, 2.05) is 60.7 Å². The minimum Gasteiger partial charge on any atom is -0.294 e. The van der Waals surface area contributed by atoms with E-state index in [1.54, 1.807) is 30.3 Å². The Hall–Kier alpha value is -2.98. The van der Waals surface area contributed by atoms with Gasteiger partial charge in [-0.05, 0) is 34.9 Å². The first-order chi connectivity index (χ1) is 12.5. The Kier molecular flexibility index (Phi) is 5.44. The van der Waals surface area contributed by atoms with E-state index in [4.69, 9.17) is 0 Å². The quantitative estimate of drug-likeness (QED) is 0.610. The summed E-state index contributed by atoms with van der Waals surface area (Å²) < 4.78 is 24.9. The summed E-state index contributed by atoms with van der Waals surface area (Å²) >= 11 is 0. The number of benzene rings is 3. The Balaban J connectivity index is 1.72. The van der Waals surface area contributed by atoms with Gasteiger partial charge in [-0.25, -0.2) is 8.42 Å². The molecule has 0 atom stereocenters. The van der Waals surface area contributed by atoms with Crippen LogP contribution in [0.3, 0.4) is 0 Å². The first-order valence-corrected chi connectivity index (χ1v) is 9.84. The third kappa shape index (κ3) is 4.55. The number of hydrogen-bond acceptors (Lipinski definition) is 3. The van der Waals surface area contributed by atoms with Crippen molar-refractivity contribution in [3.05, 3.63) is 96.6 Å². The predicted octanol–water partition coefficient (Wildman–Crippen LogP) is 4.41. The van der Waals surface area contributed by atoms with Crippen LogP contribution in [0.15, 0.2) is 95.9 Å². The van der Waals surface area contributed by atoms with Crippen LogP contribution < -0.4 is 0 Å². The zero-order chi connectivity index (χ0) is 18.4. The van der Waals surface area contributed by atoms with Crippen LogP contribution in [0.5, 0.6) is 0 Å². The van der Waals surface area contributed by atoms with Crippen LogP contribution in [-0.2, 0) is 14.6 Å². The minimum absolute atomic E-state index is 0.152. The maximum absolute atomic E-state index is 12.4. The number of sulfone groups is 1. The molecule has 3 nitrogen and oxygen atoms in total. The SMILES string of the molecule is O=C(/C=C/c1ccccc1)CS(=O)(=O)c1ccc(-c2ccccc2)cc1. The van der Waals surface area contributed by atoms with Gasteiger partial charge in [0.15, 0.2) is 15.6 Å².